The lowest BCUT2D eigenvalue weighted by atomic mass is 10.3. The van der Waals surface area contributed by atoms with Crippen molar-refractivity contribution in [3.8, 4) is 0 Å². The molecule has 0 aliphatic carbocycles. The molecule has 1 N–H and O–H groups in total. The van der Waals surface area contributed by atoms with E-state index >= 15 is 0 Å². The lowest BCUT2D eigenvalue weighted by molar-refractivity contribution is 0.761. The standard InChI is InChI=1S/C11H16N4S/c1-3-15-7-6-13-11(15)12-5-4-10-8-16-9(2)14-10/h6-8H,3-5H2,1-2H3,(H,12,13). The third-order valence-corrected chi connectivity index (χ3v) is 3.21. The maximum absolute atomic E-state index is 4.42. The molecule has 0 spiro atoms. The summed E-state index contributed by atoms with van der Waals surface area (Å²) in [5.74, 6) is 0.939. The van der Waals surface area contributed by atoms with E-state index in [9.17, 15) is 0 Å². The molecule has 2 heterocycles. The van der Waals surface area contributed by atoms with Crippen molar-refractivity contribution in [1.29, 1.82) is 0 Å². The molecule has 86 valence electrons. The molecule has 0 amide bonds. The van der Waals surface area contributed by atoms with Gasteiger partial charge in [0.25, 0.3) is 0 Å². The van der Waals surface area contributed by atoms with Crippen molar-refractivity contribution in [2.75, 3.05) is 11.9 Å². The fraction of sp³-hybridized carbons (Fsp3) is 0.455. The van der Waals surface area contributed by atoms with E-state index in [2.05, 4.69) is 32.2 Å². The van der Waals surface area contributed by atoms with Crippen LogP contribution in [0, 0.1) is 6.92 Å². The fourth-order valence-electron chi connectivity index (χ4n) is 1.56. The van der Waals surface area contributed by atoms with Crippen molar-refractivity contribution >= 4 is 17.3 Å². The minimum Gasteiger partial charge on any atom is -0.355 e. The molecule has 5 heteroatoms. The predicted molar refractivity (Wildman–Crippen MR) is 66.9 cm³/mol. The third kappa shape index (κ3) is 2.61. The molecule has 0 bridgehead atoms. The second-order valence-corrected chi connectivity index (χ2v) is 4.63. The third-order valence-electron chi connectivity index (χ3n) is 2.39. The smallest absolute Gasteiger partial charge is 0.202 e. The van der Waals surface area contributed by atoms with E-state index in [1.54, 1.807) is 11.3 Å². The summed E-state index contributed by atoms with van der Waals surface area (Å²) in [4.78, 5) is 8.68. The van der Waals surface area contributed by atoms with Crippen LogP contribution in [0.5, 0.6) is 0 Å². The zero-order valence-corrected chi connectivity index (χ0v) is 10.4. The molecule has 0 radical (unpaired) electrons. The minimum absolute atomic E-state index is 0.875. The van der Waals surface area contributed by atoms with Crippen LogP contribution in [-0.2, 0) is 13.0 Å². The fourth-order valence-corrected chi connectivity index (χ4v) is 2.20. The molecule has 0 atom stereocenters. The summed E-state index contributed by atoms with van der Waals surface area (Å²) in [5.41, 5.74) is 1.16. The van der Waals surface area contributed by atoms with Crippen LogP contribution in [0.2, 0.25) is 0 Å². The van der Waals surface area contributed by atoms with Gasteiger partial charge in [0.15, 0.2) is 0 Å². The Bertz CT molecular complexity index is 446. The summed E-state index contributed by atoms with van der Waals surface area (Å²) in [6.45, 7) is 5.96. The topological polar surface area (TPSA) is 42.7 Å². The summed E-state index contributed by atoms with van der Waals surface area (Å²) in [6.07, 6.45) is 4.75. The number of nitrogens with one attached hydrogen (secondary N) is 1. The second kappa shape index (κ2) is 5.12. The van der Waals surface area contributed by atoms with Gasteiger partial charge < -0.3 is 9.88 Å². The molecule has 0 fully saturated rings. The van der Waals surface area contributed by atoms with Crippen LogP contribution < -0.4 is 5.32 Å². The van der Waals surface area contributed by atoms with Gasteiger partial charge in [-0.1, -0.05) is 0 Å². The number of aryl methyl sites for hydroxylation is 2. The number of imidazole rings is 1. The maximum Gasteiger partial charge on any atom is 0.202 e. The minimum atomic E-state index is 0.875. The normalized spacial score (nSPS) is 10.6. The van der Waals surface area contributed by atoms with E-state index < -0.39 is 0 Å². The van der Waals surface area contributed by atoms with Crippen molar-refractivity contribution in [3.63, 3.8) is 0 Å². The monoisotopic (exact) mass is 236 g/mol. The van der Waals surface area contributed by atoms with E-state index in [1.165, 1.54) is 0 Å². The highest BCUT2D eigenvalue weighted by atomic mass is 32.1. The summed E-state index contributed by atoms with van der Waals surface area (Å²) >= 11 is 1.70. The number of hydrogen-bond donors (Lipinski definition) is 1. The van der Waals surface area contributed by atoms with Crippen molar-refractivity contribution < 1.29 is 0 Å². The van der Waals surface area contributed by atoms with Gasteiger partial charge in [-0.15, -0.1) is 11.3 Å². The first kappa shape index (κ1) is 11.1. The van der Waals surface area contributed by atoms with Gasteiger partial charge in [-0.2, -0.15) is 0 Å². The van der Waals surface area contributed by atoms with Gasteiger partial charge in [0.2, 0.25) is 5.95 Å². The summed E-state index contributed by atoms with van der Waals surface area (Å²) in [6, 6.07) is 0. The highest BCUT2D eigenvalue weighted by Crippen LogP contribution is 2.09. The second-order valence-electron chi connectivity index (χ2n) is 3.57. The van der Waals surface area contributed by atoms with Crippen LogP contribution in [0.25, 0.3) is 0 Å². The average molecular weight is 236 g/mol. The van der Waals surface area contributed by atoms with E-state index in [4.69, 9.17) is 0 Å². The van der Waals surface area contributed by atoms with Crippen LogP contribution in [0.3, 0.4) is 0 Å². The lowest BCUT2D eigenvalue weighted by Gasteiger charge is -2.06. The van der Waals surface area contributed by atoms with Crippen LogP contribution in [0.4, 0.5) is 5.95 Å². The summed E-state index contributed by atoms with van der Waals surface area (Å²) in [7, 11) is 0. The molecule has 2 aromatic heterocycles. The van der Waals surface area contributed by atoms with E-state index in [-0.39, 0.29) is 0 Å². The first-order valence-electron chi connectivity index (χ1n) is 5.45. The quantitative estimate of drug-likeness (QED) is 0.866. The van der Waals surface area contributed by atoms with Gasteiger partial charge in [-0.3, -0.25) is 0 Å². The van der Waals surface area contributed by atoms with Gasteiger partial charge in [0.1, 0.15) is 0 Å². The van der Waals surface area contributed by atoms with E-state index in [0.29, 0.717) is 0 Å². The number of thiazole rings is 1. The van der Waals surface area contributed by atoms with Crippen LogP contribution in [-0.4, -0.2) is 21.1 Å². The Balaban J connectivity index is 1.84. The molecule has 0 unspecified atom stereocenters. The zero-order valence-electron chi connectivity index (χ0n) is 9.60. The molecule has 0 aliphatic heterocycles. The predicted octanol–water partition coefficient (Wildman–Crippen LogP) is 2.32. The van der Waals surface area contributed by atoms with E-state index in [1.807, 2.05) is 19.3 Å². The van der Waals surface area contributed by atoms with Crippen LogP contribution in [0.15, 0.2) is 17.8 Å². The largest absolute Gasteiger partial charge is 0.355 e. The number of hydrogen-bond acceptors (Lipinski definition) is 4. The van der Waals surface area contributed by atoms with Crippen molar-refractivity contribution in [1.82, 2.24) is 14.5 Å². The van der Waals surface area contributed by atoms with Gasteiger partial charge in [-0.25, -0.2) is 9.97 Å². The molecular weight excluding hydrogens is 220 g/mol. The zero-order chi connectivity index (χ0) is 11.4. The molecule has 16 heavy (non-hydrogen) atoms. The van der Waals surface area contributed by atoms with Crippen molar-refractivity contribution in [2.24, 2.45) is 0 Å². The van der Waals surface area contributed by atoms with Crippen molar-refractivity contribution in [2.45, 2.75) is 26.8 Å². The Labute approximate surface area is 99.4 Å². The number of anilines is 1. The maximum atomic E-state index is 4.42. The highest BCUT2D eigenvalue weighted by molar-refractivity contribution is 7.09. The molecule has 4 nitrogen and oxygen atoms in total. The van der Waals surface area contributed by atoms with Crippen molar-refractivity contribution in [3.05, 3.63) is 28.5 Å². The lowest BCUT2D eigenvalue weighted by Crippen LogP contribution is -2.10. The Hall–Kier alpha value is -1.36. The molecular formula is C11H16N4S. The van der Waals surface area contributed by atoms with E-state index in [0.717, 1.165) is 36.2 Å². The van der Waals surface area contributed by atoms with Crippen LogP contribution in [0.1, 0.15) is 17.6 Å². The first-order chi connectivity index (χ1) is 7.79. The average Bonchev–Trinajstić information content (AvgIpc) is 2.87. The molecule has 0 aromatic carbocycles. The highest BCUT2D eigenvalue weighted by Gasteiger charge is 2.01. The first-order valence-corrected chi connectivity index (χ1v) is 6.33. The van der Waals surface area contributed by atoms with Gasteiger partial charge >= 0.3 is 0 Å². The SMILES string of the molecule is CCn1ccnc1NCCc1csc(C)n1. The van der Waals surface area contributed by atoms with Gasteiger partial charge in [0, 0.05) is 37.3 Å². The Kier molecular flexibility index (Phi) is 3.56. The van der Waals surface area contributed by atoms with Crippen LogP contribution >= 0.6 is 11.3 Å². The summed E-state index contributed by atoms with van der Waals surface area (Å²) in [5, 5.41) is 6.56. The van der Waals surface area contributed by atoms with Gasteiger partial charge in [-0.05, 0) is 13.8 Å². The number of nitrogens with zero attached hydrogens (tertiary/aromatic N) is 3. The molecule has 0 saturated heterocycles. The molecule has 0 saturated carbocycles. The summed E-state index contributed by atoms with van der Waals surface area (Å²) < 4.78 is 2.09. The number of rotatable bonds is 5. The Morgan fingerprint density at radius 1 is 1.50 bits per heavy atom. The molecule has 2 rings (SSSR count). The number of aromatic nitrogens is 3. The molecule has 2 aromatic rings. The molecule has 0 aliphatic rings. The Morgan fingerprint density at radius 2 is 2.38 bits per heavy atom. The van der Waals surface area contributed by atoms with Gasteiger partial charge in [0.05, 0.1) is 10.7 Å². The Morgan fingerprint density at radius 3 is 3.06 bits per heavy atom.